The van der Waals surface area contributed by atoms with Gasteiger partial charge in [-0.2, -0.15) is 0 Å². The van der Waals surface area contributed by atoms with Crippen LogP contribution in [-0.2, 0) is 11.4 Å². The van der Waals surface area contributed by atoms with Gasteiger partial charge in [-0.25, -0.2) is 4.98 Å². The number of imidazole rings is 1. The van der Waals surface area contributed by atoms with Crippen LogP contribution in [0, 0.1) is 17.8 Å². The predicted molar refractivity (Wildman–Crippen MR) is 91.0 cm³/mol. The number of oxime groups is 1. The van der Waals surface area contributed by atoms with E-state index in [-0.39, 0.29) is 6.10 Å². The van der Waals surface area contributed by atoms with Gasteiger partial charge >= 0.3 is 0 Å². The molecule has 1 aliphatic carbocycles. The topological polar surface area (TPSA) is 39.4 Å². The quantitative estimate of drug-likeness (QED) is 0.482. The van der Waals surface area contributed by atoms with Gasteiger partial charge in [0.05, 0.1) is 12.9 Å². The van der Waals surface area contributed by atoms with E-state index in [0.29, 0.717) is 12.5 Å². The van der Waals surface area contributed by atoms with Gasteiger partial charge in [-0.3, -0.25) is 0 Å². The van der Waals surface area contributed by atoms with E-state index in [2.05, 4.69) is 34.1 Å². The molecule has 0 bridgehead atoms. The Balaban J connectivity index is 1.77. The predicted octanol–water partition coefficient (Wildman–Crippen LogP) is 3.47. The Kier molecular flexibility index (Phi) is 4.77. The summed E-state index contributed by atoms with van der Waals surface area (Å²) in [5.41, 5.74) is 2.96. The molecule has 1 saturated carbocycles. The summed E-state index contributed by atoms with van der Waals surface area (Å²) in [7, 11) is 0. The monoisotopic (exact) mass is 307 g/mol. The zero-order valence-corrected chi connectivity index (χ0v) is 13.6. The van der Waals surface area contributed by atoms with Crippen molar-refractivity contribution < 1.29 is 4.84 Å². The van der Waals surface area contributed by atoms with Gasteiger partial charge in [0.1, 0.15) is 11.8 Å². The second kappa shape index (κ2) is 7.15. The molecule has 1 aliphatic rings. The SMILES string of the molecule is CC(C)O/N=C(\Cn1ccnc1)c1ccc(C#CC2CC2)cc1. The molecule has 0 spiro atoms. The van der Waals surface area contributed by atoms with E-state index < -0.39 is 0 Å². The van der Waals surface area contributed by atoms with Crippen molar-refractivity contribution in [1.82, 2.24) is 9.55 Å². The van der Waals surface area contributed by atoms with Crippen LogP contribution in [0.4, 0.5) is 0 Å². The van der Waals surface area contributed by atoms with E-state index in [1.54, 1.807) is 12.5 Å². The normalized spacial score (nSPS) is 14.5. The van der Waals surface area contributed by atoms with Crippen molar-refractivity contribution in [1.29, 1.82) is 0 Å². The van der Waals surface area contributed by atoms with Crippen LogP contribution in [0.3, 0.4) is 0 Å². The highest BCUT2D eigenvalue weighted by molar-refractivity contribution is 6.00. The molecule has 118 valence electrons. The summed E-state index contributed by atoms with van der Waals surface area (Å²) in [5.74, 6) is 7.13. The van der Waals surface area contributed by atoms with Crippen molar-refractivity contribution in [2.24, 2.45) is 11.1 Å². The third kappa shape index (κ3) is 4.72. The molecule has 1 aromatic heterocycles. The van der Waals surface area contributed by atoms with Crippen molar-refractivity contribution in [3.63, 3.8) is 0 Å². The second-order valence-electron chi connectivity index (χ2n) is 6.05. The summed E-state index contributed by atoms with van der Waals surface area (Å²) in [6, 6.07) is 8.19. The zero-order chi connectivity index (χ0) is 16.1. The van der Waals surface area contributed by atoms with Crippen LogP contribution in [0.2, 0.25) is 0 Å². The Bertz CT molecular complexity index is 714. The molecule has 0 radical (unpaired) electrons. The maximum atomic E-state index is 5.45. The van der Waals surface area contributed by atoms with Crippen molar-refractivity contribution in [2.75, 3.05) is 0 Å². The summed E-state index contributed by atoms with van der Waals surface area (Å²) < 4.78 is 1.98. The van der Waals surface area contributed by atoms with Gasteiger partial charge in [-0.05, 0) is 38.8 Å². The molecule has 0 amide bonds. The van der Waals surface area contributed by atoms with E-state index in [1.807, 2.05) is 36.7 Å². The maximum absolute atomic E-state index is 5.45. The lowest BCUT2D eigenvalue weighted by Gasteiger charge is -2.09. The minimum atomic E-state index is 0.0523. The summed E-state index contributed by atoms with van der Waals surface area (Å²) in [6.07, 6.45) is 8.01. The number of nitrogens with zero attached hydrogens (tertiary/aromatic N) is 3. The van der Waals surface area contributed by atoms with Gasteiger partial charge in [0.15, 0.2) is 0 Å². The molecular weight excluding hydrogens is 286 g/mol. The molecular formula is C19H21N3O. The Morgan fingerprint density at radius 2 is 2.13 bits per heavy atom. The van der Waals surface area contributed by atoms with Gasteiger partial charge in [0.25, 0.3) is 0 Å². The average Bonchev–Trinajstić information content (AvgIpc) is 3.24. The Morgan fingerprint density at radius 1 is 1.35 bits per heavy atom. The van der Waals surface area contributed by atoms with Gasteiger partial charge in [-0.15, -0.1) is 0 Å². The van der Waals surface area contributed by atoms with Crippen LogP contribution >= 0.6 is 0 Å². The number of hydrogen-bond donors (Lipinski definition) is 0. The lowest BCUT2D eigenvalue weighted by molar-refractivity contribution is 0.0855. The lowest BCUT2D eigenvalue weighted by Crippen LogP contribution is -2.12. The standard InChI is InChI=1S/C19H21N3O/c1-15(2)23-21-19(13-22-12-11-20-14-22)18-9-7-17(8-10-18)6-5-16-3-4-16/h7-12,14-16H,3-4,13H2,1-2H3/b21-19+. The molecule has 1 aromatic carbocycles. The molecule has 0 N–H and O–H groups in total. The van der Waals surface area contributed by atoms with Crippen molar-refractivity contribution in [2.45, 2.75) is 39.3 Å². The van der Waals surface area contributed by atoms with Crippen LogP contribution in [0.1, 0.15) is 37.8 Å². The summed E-state index contributed by atoms with van der Waals surface area (Å²) in [4.78, 5) is 9.52. The molecule has 0 aliphatic heterocycles. The fourth-order valence-electron chi connectivity index (χ4n) is 2.05. The van der Waals surface area contributed by atoms with Gasteiger partial charge in [0.2, 0.25) is 0 Å². The molecule has 1 fully saturated rings. The highest BCUT2D eigenvalue weighted by Crippen LogP contribution is 2.27. The summed E-state index contributed by atoms with van der Waals surface area (Å²) in [6.45, 7) is 4.56. The zero-order valence-electron chi connectivity index (χ0n) is 13.6. The first-order valence-corrected chi connectivity index (χ1v) is 8.01. The van der Waals surface area contributed by atoms with E-state index >= 15 is 0 Å². The molecule has 4 nitrogen and oxygen atoms in total. The van der Waals surface area contributed by atoms with E-state index in [9.17, 15) is 0 Å². The van der Waals surface area contributed by atoms with E-state index in [4.69, 9.17) is 4.84 Å². The first-order chi connectivity index (χ1) is 11.2. The van der Waals surface area contributed by atoms with Crippen molar-refractivity contribution in [3.05, 3.63) is 54.1 Å². The van der Waals surface area contributed by atoms with E-state index in [1.165, 1.54) is 12.8 Å². The van der Waals surface area contributed by atoms with Crippen LogP contribution < -0.4 is 0 Å². The van der Waals surface area contributed by atoms with Crippen LogP contribution in [0.5, 0.6) is 0 Å². The molecule has 23 heavy (non-hydrogen) atoms. The maximum Gasteiger partial charge on any atom is 0.122 e. The Hall–Kier alpha value is -2.54. The second-order valence-corrected chi connectivity index (χ2v) is 6.05. The number of rotatable bonds is 5. The first kappa shape index (κ1) is 15.4. The fourth-order valence-corrected chi connectivity index (χ4v) is 2.05. The minimum Gasteiger partial charge on any atom is -0.393 e. The van der Waals surface area contributed by atoms with Crippen LogP contribution in [-0.4, -0.2) is 21.4 Å². The van der Waals surface area contributed by atoms with Crippen LogP contribution in [0.15, 0.2) is 48.1 Å². The molecule has 0 atom stereocenters. The fraction of sp³-hybridized carbons (Fsp3) is 0.368. The third-order valence-corrected chi connectivity index (χ3v) is 3.48. The molecule has 0 saturated heterocycles. The smallest absolute Gasteiger partial charge is 0.122 e. The largest absolute Gasteiger partial charge is 0.393 e. The van der Waals surface area contributed by atoms with E-state index in [0.717, 1.165) is 16.8 Å². The molecule has 0 unspecified atom stereocenters. The van der Waals surface area contributed by atoms with Crippen molar-refractivity contribution in [3.8, 4) is 11.8 Å². The summed E-state index contributed by atoms with van der Waals surface area (Å²) in [5, 5.41) is 4.31. The molecule has 3 rings (SSSR count). The van der Waals surface area contributed by atoms with Gasteiger partial charge in [-0.1, -0.05) is 29.1 Å². The number of hydrogen-bond acceptors (Lipinski definition) is 3. The third-order valence-electron chi connectivity index (χ3n) is 3.48. The Morgan fingerprint density at radius 3 is 2.74 bits per heavy atom. The van der Waals surface area contributed by atoms with Gasteiger partial charge in [0, 0.05) is 29.4 Å². The average molecular weight is 307 g/mol. The molecule has 4 heteroatoms. The van der Waals surface area contributed by atoms with Crippen LogP contribution in [0.25, 0.3) is 0 Å². The highest BCUT2D eigenvalue weighted by atomic mass is 16.6. The van der Waals surface area contributed by atoms with Crippen molar-refractivity contribution >= 4 is 5.71 Å². The highest BCUT2D eigenvalue weighted by Gasteiger charge is 2.17. The Labute approximate surface area is 137 Å². The molecule has 2 aromatic rings. The number of aromatic nitrogens is 2. The lowest BCUT2D eigenvalue weighted by atomic mass is 10.1. The summed E-state index contributed by atoms with van der Waals surface area (Å²) >= 11 is 0. The molecule has 1 heterocycles. The van der Waals surface area contributed by atoms with Gasteiger partial charge < -0.3 is 9.40 Å². The minimum absolute atomic E-state index is 0.0523. The first-order valence-electron chi connectivity index (χ1n) is 8.01. The number of benzene rings is 1.